The first-order valence-electron chi connectivity index (χ1n) is 4.59. The number of aryl methyl sites for hydroxylation is 1. The highest BCUT2D eigenvalue weighted by Crippen LogP contribution is 2.28. The van der Waals surface area contributed by atoms with Crippen LogP contribution in [-0.4, -0.2) is 5.11 Å². The highest BCUT2D eigenvalue weighted by Gasteiger charge is 2.36. The van der Waals surface area contributed by atoms with Crippen LogP contribution in [0.3, 0.4) is 0 Å². The number of fused-ring (bicyclic) bond motifs is 3. The SMILES string of the molecule is Cc1oc(O)c2[n+]1-c1ccccc1C2. The van der Waals surface area contributed by atoms with E-state index in [1.165, 1.54) is 5.56 Å². The monoisotopic (exact) mass is 188 g/mol. The third kappa shape index (κ3) is 0.789. The van der Waals surface area contributed by atoms with E-state index in [-0.39, 0.29) is 5.95 Å². The Morgan fingerprint density at radius 2 is 2.14 bits per heavy atom. The van der Waals surface area contributed by atoms with Gasteiger partial charge in [0.15, 0.2) is 0 Å². The standard InChI is InChI=1S/C11H9NO2/c1-7-12-9-5-3-2-4-8(9)6-10(12)11(13)14-7/h2-5H,6H2,1H3/p+1. The molecule has 70 valence electrons. The smallest absolute Gasteiger partial charge is 0.358 e. The molecule has 0 aliphatic carbocycles. The summed E-state index contributed by atoms with van der Waals surface area (Å²) in [6.07, 6.45) is 0.749. The van der Waals surface area contributed by atoms with Crippen molar-refractivity contribution in [1.82, 2.24) is 0 Å². The highest BCUT2D eigenvalue weighted by atomic mass is 16.5. The fraction of sp³-hybridized carbons (Fsp3) is 0.182. The van der Waals surface area contributed by atoms with Crippen molar-refractivity contribution < 1.29 is 14.1 Å². The zero-order valence-electron chi connectivity index (χ0n) is 7.82. The Morgan fingerprint density at radius 1 is 1.36 bits per heavy atom. The third-order valence-electron chi connectivity index (χ3n) is 2.67. The first-order valence-corrected chi connectivity index (χ1v) is 4.59. The molecule has 2 heterocycles. The molecular weight excluding hydrogens is 178 g/mol. The van der Waals surface area contributed by atoms with Crippen molar-refractivity contribution in [3.63, 3.8) is 0 Å². The van der Waals surface area contributed by atoms with Crippen molar-refractivity contribution in [2.45, 2.75) is 13.3 Å². The van der Waals surface area contributed by atoms with Gasteiger partial charge in [0, 0.05) is 11.6 Å². The topological polar surface area (TPSA) is 37.3 Å². The number of aromatic nitrogens is 1. The van der Waals surface area contributed by atoms with Gasteiger partial charge in [-0.15, -0.1) is 4.57 Å². The second-order valence-corrected chi connectivity index (χ2v) is 3.51. The minimum Gasteiger partial charge on any atom is -0.476 e. The summed E-state index contributed by atoms with van der Waals surface area (Å²) in [6.45, 7) is 1.85. The summed E-state index contributed by atoms with van der Waals surface area (Å²) in [4.78, 5) is 0. The van der Waals surface area contributed by atoms with Crippen LogP contribution in [0.2, 0.25) is 0 Å². The van der Waals surface area contributed by atoms with Gasteiger partial charge in [0.2, 0.25) is 5.69 Å². The maximum atomic E-state index is 9.54. The van der Waals surface area contributed by atoms with Crippen molar-refractivity contribution in [2.24, 2.45) is 0 Å². The second kappa shape index (κ2) is 2.38. The number of aromatic hydroxyl groups is 1. The van der Waals surface area contributed by atoms with Crippen LogP contribution in [0.25, 0.3) is 5.69 Å². The van der Waals surface area contributed by atoms with E-state index in [4.69, 9.17) is 4.42 Å². The summed E-state index contributed by atoms with van der Waals surface area (Å²) in [5.74, 6) is 0.765. The number of hydrogen-bond donors (Lipinski definition) is 1. The lowest BCUT2D eigenvalue weighted by atomic mass is 10.1. The predicted octanol–water partition coefficient (Wildman–Crippen LogP) is 1.47. The van der Waals surface area contributed by atoms with Gasteiger partial charge in [0.05, 0.1) is 13.3 Å². The maximum Gasteiger partial charge on any atom is 0.358 e. The zero-order valence-corrected chi connectivity index (χ0v) is 7.82. The summed E-state index contributed by atoms with van der Waals surface area (Å²) in [6, 6.07) is 8.11. The van der Waals surface area contributed by atoms with Crippen LogP contribution in [0.4, 0.5) is 0 Å². The molecule has 1 aliphatic heterocycles. The quantitative estimate of drug-likeness (QED) is 0.542. The Hall–Kier alpha value is -1.77. The molecule has 0 bridgehead atoms. The summed E-state index contributed by atoms with van der Waals surface area (Å²) in [7, 11) is 0. The number of hydrogen-bond acceptors (Lipinski definition) is 2. The molecule has 0 spiro atoms. The van der Waals surface area contributed by atoms with Crippen molar-refractivity contribution >= 4 is 0 Å². The molecule has 1 aromatic heterocycles. The third-order valence-corrected chi connectivity index (χ3v) is 2.67. The van der Waals surface area contributed by atoms with Gasteiger partial charge < -0.3 is 9.52 Å². The van der Waals surface area contributed by atoms with E-state index in [0.717, 1.165) is 23.7 Å². The van der Waals surface area contributed by atoms with Crippen LogP contribution in [0, 0.1) is 6.92 Å². The van der Waals surface area contributed by atoms with Gasteiger partial charge in [-0.3, -0.25) is 0 Å². The molecule has 14 heavy (non-hydrogen) atoms. The van der Waals surface area contributed by atoms with E-state index in [2.05, 4.69) is 6.07 Å². The van der Waals surface area contributed by atoms with Gasteiger partial charge in [0.1, 0.15) is 0 Å². The average Bonchev–Trinajstić information content (AvgIpc) is 2.66. The second-order valence-electron chi connectivity index (χ2n) is 3.51. The van der Waals surface area contributed by atoms with E-state index in [1.807, 2.05) is 29.7 Å². The maximum absolute atomic E-state index is 9.54. The molecule has 0 unspecified atom stereocenters. The molecule has 0 saturated heterocycles. The largest absolute Gasteiger partial charge is 0.476 e. The predicted molar refractivity (Wildman–Crippen MR) is 49.4 cm³/mol. The van der Waals surface area contributed by atoms with Gasteiger partial charge in [-0.05, 0) is 0 Å². The Bertz CT molecular complexity index is 514. The number of nitrogens with zero attached hydrogens (tertiary/aromatic N) is 1. The Balaban J connectivity index is 2.35. The molecule has 3 nitrogen and oxygen atoms in total. The van der Waals surface area contributed by atoms with Crippen molar-refractivity contribution in [3.05, 3.63) is 41.4 Å². The highest BCUT2D eigenvalue weighted by molar-refractivity contribution is 5.41. The number of para-hydroxylation sites is 1. The molecule has 1 aliphatic rings. The van der Waals surface area contributed by atoms with Crippen LogP contribution >= 0.6 is 0 Å². The summed E-state index contributed by atoms with van der Waals surface area (Å²) < 4.78 is 7.13. The van der Waals surface area contributed by atoms with E-state index < -0.39 is 0 Å². The first kappa shape index (κ1) is 7.62. The van der Waals surface area contributed by atoms with E-state index in [1.54, 1.807) is 0 Å². The Kier molecular flexibility index (Phi) is 1.29. The molecule has 0 amide bonds. The molecule has 0 fully saturated rings. The lowest BCUT2D eigenvalue weighted by molar-refractivity contribution is -0.608. The van der Waals surface area contributed by atoms with E-state index >= 15 is 0 Å². The van der Waals surface area contributed by atoms with Crippen molar-refractivity contribution in [3.8, 4) is 11.6 Å². The lowest BCUT2D eigenvalue weighted by Gasteiger charge is -1.90. The van der Waals surface area contributed by atoms with Gasteiger partial charge in [-0.25, -0.2) is 0 Å². The molecule has 2 aromatic rings. The van der Waals surface area contributed by atoms with Gasteiger partial charge in [-0.1, -0.05) is 18.2 Å². The van der Waals surface area contributed by atoms with Crippen LogP contribution in [0.5, 0.6) is 5.95 Å². The fourth-order valence-electron chi connectivity index (χ4n) is 2.06. The molecule has 0 atom stereocenters. The first-order chi connectivity index (χ1) is 6.77. The number of oxazole rings is 1. The van der Waals surface area contributed by atoms with Crippen LogP contribution < -0.4 is 4.57 Å². The Morgan fingerprint density at radius 3 is 3.00 bits per heavy atom. The zero-order chi connectivity index (χ0) is 9.71. The molecule has 1 N–H and O–H groups in total. The molecule has 3 rings (SSSR count). The van der Waals surface area contributed by atoms with Gasteiger partial charge >= 0.3 is 11.8 Å². The van der Waals surface area contributed by atoms with Crippen molar-refractivity contribution in [1.29, 1.82) is 0 Å². The minimum atomic E-state index is 0.0405. The summed E-state index contributed by atoms with van der Waals surface area (Å²) in [5, 5.41) is 9.54. The lowest BCUT2D eigenvalue weighted by Crippen LogP contribution is -2.31. The van der Waals surface area contributed by atoms with Crippen LogP contribution in [0.15, 0.2) is 28.7 Å². The number of benzene rings is 1. The van der Waals surface area contributed by atoms with Crippen LogP contribution in [-0.2, 0) is 6.42 Å². The summed E-state index contributed by atoms with van der Waals surface area (Å²) in [5.41, 5.74) is 3.20. The van der Waals surface area contributed by atoms with E-state index in [9.17, 15) is 5.11 Å². The molecule has 3 heteroatoms. The van der Waals surface area contributed by atoms with Crippen molar-refractivity contribution in [2.75, 3.05) is 0 Å². The molecule has 0 saturated carbocycles. The van der Waals surface area contributed by atoms with Gasteiger partial charge in [0.25, 0.3) is 5.69 Å². The van der Waals surface area contributed by atoms with Crippen LogP contribution in [0.1, 0.15) is 17.1 Å². The molecule has 0 radical (unpaired) electrons. The molecular formula is C11H10NO2+. The molecule has 1 aromatic carbocycles. The number of rotatable bonds is 0. The fourth-order valence-corrected chi connectivity index (χ4v) is 2.06. The summed E-state index contributed by atoms with van der Waals surface area (Å²) >= 11 is 0. The minimum absolute atomic E-state index is 0.0405. The van der Waals surface area contributed by atoms with E-state index in [0.29, 0.717) is 0 Å². The van der Waals surface area contributed by atoms with Gasteiger partial charge in [-0.2, -0.15) is 0 Å². The average molecular weight is 188 g/mol. The normalized spacial score (nSPS) is 12.6. The Labute approximate surface area is 81.2 Å².